The van der Waals surface area contributed by atoms with Crippen molar-refractivity contribution in [3.63, 3.8) is 0 Å². The molecule has 0 fully saturated rings. The summed E-state index contributed by atoms with van der Waals surface area (Å²) in [4.78, 5) is 18.2. The van der Waals surface area contributed by atoms with Gasteiger partial charge in [0, 0.05) is 49.8 Å². The molecule has 0 aliphatic carbocycles. The topological polar surface area (TPSA) is 93.4 Å². The molecule has 0 radical (unpaired) electrons. The molecule has 4 aromatic rings. The maximum Gasteiger partial charge on any atom is 0.226 e. The lowest BCUT2D eigenvalue weighted by molar-refractivity contribution is 0.765. The second kappa shape index (κ2) is 8.44. The number of aromatic nitrogens is 6. The monoisotopic (exact) mass is 402 g/mol. The Labute approximate surface area is 175 Å². The first-order valence-electron chi connectivity index (χ1n) is 10.0. The van der Waals surface area contributed by atoms with Gasteiger partial charge < -0.3 is 10.6 Å². The molecule has 0 aliphatic rings. The summed E-state index contributed by atoms with van der Waals surface area (Å²) in [5.41, 5.74) is 5.14. The highest BCUT2D eigenvalue weighted by Gasteiger charge is 2.14. The number of hydrogen-bond donors (Lipinski definition) is 2. The second-order valence-electron chi connectivity index (χ2n) is 7.58. The number of fused-ring (bicyclic) bond motifs is 1. The third-order valence-corrected chi connectivity index (χ3v) is 5.01. The van der Waals surface area contributed by atoms with Crippen molar-refractivity contribution in [2.24, 2.45) is 7.05 Å². The fraction of sp³-hybridized carbons (Fsp3) is 0.318. The summed E-state index contributed by atoms with van der Waals surface area (Å²) in [5.74, 6) is 1.32. The van der Waals surface area contributed by atoms with Gasteiger partial charge in [-0.15, -0.1) is 0 Å². The van der Waals surface area contributed by atoms with Crippen LogP contribution in [0.25, 0.3) is 11.0 Å². The molecule has 0 bridgehead atoms. The molecule has 0 saturated heterocycles. The minimum Gasteiger partial charge on any atom is -0.366 e. The quantitative estimate of drug-likeness (QED) is 0.489. The van der Waals surface area contributed by atoms with Crippen LogP contribution in [0.5, 0.6) is 0 Å². The predicted octanol–water partition coefficient (Wildman–Crippen LogP) is 3.43. The zero-order valence-electron chi connectivity index (χ0n) is 17.7. The van der Waals surface area contributed by atoms with Gasteiger partial charge in [0.15, 0.2) is 5.65 Å². The maximum absolute atomic E-state index is 4.73. The molecule has 4 rings (SSSR count). The lowest BCUT2D eigenvalue weighted by Crippen LogP contribution is -2.20. The molecule has 154 valence electrons. The summed E-state index contributed by atoms with van der Waals surface area (Å²) < 4.78 is 1.76. The van der Waals surface area contributed by atoms with Crippen molar-refractivity contribution in [3.8, 4) is 0 Å². The lowest BCUT2D eigenvalue weighted by atomic mass is 10.1. The molecule has 0 saturated carbocycles. The zero-order chi connectivity index (χ0) is 21.1. The molecule has 8 nitrogen and oxygen atoms in total. The van der Waals surface area contributed by atoms with Crippen LogP contribution < -0.4 is 10.6 Å². The predicted molar refractivity (Wildman–Crippen MR) is 118 cm³/mol. The average Bonchev–Trinajstić information content (AvgIpc) is 3.09. The smallest absolute Gasteiger partial charge is 0.226 e. The highest BCUT2D eigenvalue weighted by Crippen LogP contribution is 2.23. The van der Waals surface area contributed by atoms with E-state index in [9.17, 15) is 0 Å². The Morgan fingerprint density at radius 1 is 1.10 bits per heavy atom. The van der Waals surface area contributed by atoms with Gasteiger partial charge in [-0.05, 0) is 50.1 Å². The van der Waals surface area contributed by atoms with E-state index < -0.39 is 0 Å². The molecule has 8 heteroatoms. The Hall–Kier alpha value is -3.55. The largest absolute Gasteiger partial charge is 0.366 e. The number of nitrogens with one attached hydrogen (secondary N) is 2. The van der Waals surface area contributed by atoms with Gasteiger partial charge in [-0.1, -0.05) is 6.07 Å². The summed E-state index contributed by atoms with van der Waals surface area (Å²) in [6, 6.07) is 8.18. The summed E-state index contributed by atoms with van der Waals surface area (Å²) in [6.07, 6.45) is 6.30. The van der Waals surface area contributed by atoms with Crippen molar-refractivity contribution >= 4 is 22.8 Å². The molecule has 0 aromatic carbocycles. The van der Waals surface area contributed by atoms with Crippen LogP contribution in [0.4, 0.5) is 11.8 Å². The Balaban J connectivity index is 1.56. The van der Waals surface area contributed by atoms with Gasteiger partial charge in [-0.3, -0.25) is 14.6 Å². The molecule has 4 heterocycles. The first-order chi connectivity index (χ1) is 14.5. The van der Waals surface area contributed by atoms with Gasteiger partial charge in [-0.2, -0.15) is 15.1 Å². The molecule has 2 N–H and O–H groups in total. The van der Waals surface area contributed by atoms with Crippen molar-refractivity contribution in [1.29, 1.82) is 0 Å². The Bertz CT molecular complexity index is 1150. The van der Waals surface area contributed by atoms with Crippen LogP contribution in [0.3, 0.4) is 0 Å². The fourth-order valence-corrected chi connectivity index (χ4v) is 3.41. The molecule has 1 unspecified atom stereocenters. The first kappa shape index (κ1) is 19.8. The molecule has 0 spiro atoms. The van der Waals surface area contributed by atoms with E-state index in [1.807, 2.05) is 44.6 Å². The Morgan fingerprint density at radius 2 is 1.97 bits per heavy atom. The van der Waals surface area contributed by atoms with Gasteiger partial charge in [0.25, 0.3) is 0 Å². The van der Waals surface area contributed by atoms with Gasteiger partial charge in [0.05, 0.1) is 11.6 Å². The maximum atomic E-state index is 4.73. The van der Waals surface area contributed by atoms with Crippen LogP contribution in [0.2, 0.25) is 0 Å². The minimum atomic E-state index is 0.148. The van der Waals surface area contributed by atoms with E-state index in [0.29, 0.717) is 12.5 Å². The minimum absolute atomic E-state index is 0.148. The van der Waals surface area contributed by atoms with E-state index in [1.165, 1.54) is 5.56 Å². The van der Waals surface area contributed by atoms with Crippen LogP contribution in [0, 0.1) is 13.8 Å². The van der Waals surface area contributed by atoms with Crippen molar-refractivity contribution in [2.45, 2.75) is 39.8 Å². The Morgan fingerprint density at radius 3 is 2.73 bits per heavy atom. The molecule has 4 aromatic heterocycles. The summed E-state index contributed by atoms with van der Waals surface area (Å²) in [7, 11) is 1.88. The summed E-state index contributed by atoms with van der Waals surface area (Å²) in [6.45, 7) is 6.80. The highest BCUT2D eigenvalue weighted by molar-refractivity contribution is 5.87. The lowest BCUT2D eigenvalue weighted by Gasteiger charge is -2.16. The number of anilines is 2. The van der Waals surface area contributed by atoms with E-state index in [-0.39, 0.29) is 6.04 Å². The van der Waals surface area contributed by atoms with E-state index in [2.05, 4.69) is 50.6 Å². The van der Waals surface area contributed by atoms with Crippen molar-refractivity contribution in [1.82, 2.24) is 29.7 Å². The molecule has 1 atom stereocenters. The van der Waals surface area contributed by atoms with Crippen LogP contribution in [0.1, 0.15) is 29.4 Å². The average molecular weight is 403 g/mol. The third kappa shape index (κ3) is 4.37. The summed E-state index contributed by atoms with van der Waals surface area (Å²) >= 11 is 0. The van der Waals surface area contributed by atoms with E-state index in [4.69, 9.17) is 4.98 Å². The van der Waals surface area contributed by atoms with E-state index in [1.54, 1.807) is 10.9 Å². The Kier molecular flexibility index (Phi) is 5.56. The normalized spacial score (nSPS) is 12.1. The standard InChI is InChI=1S/C22H26N8/c1-14-9-15(2)24-11-17(14)12-25-22-28-20(19-13-26-30(4)21(19)29-22)27-16(3)10-18-7-5-6-8-23-18/h5-9,11,13,16H,10,12H2,1-4H3,(H2,25,27,28,29). The van der Waals surface area contributed by atoms with Crippen LogP contribution >= 0.6 is 0 Å². The highest BCUT2D eigenvalue weighted by atomic mass is 15.3. The first-order valence-corrected chi connectivity index (χ1v) is 10.0. The van der Waals surface area contributed by atoms with E-state index in [0.717, 1.165) is 40.2 Å². The number of pyridine rings is 2. The number of nitrogens with zero attached hydrogens (tertiary/aromatic N) is 6. The molecular formula is C22H26N8. The van der Waals surface area contributed by atoms with Crippen molar-refractivity contribution in [3.05, 3.63) is 65.4 Å². The fourth-order valence-electron chi connectivity index (χ4n) is 3.41. The van der Waals surface area contributed by atoms with Gasteiger partial charge in [0.2, 0.25) is 5.95 Å². The van der Waals surface area contributed by atoms with Gasteiger partial charge in [-0.25, -0.2) is 0 Å². The van der Waals surface area contributed by atoms with Crippen molar-refractivity contribution in [2.75, 3.05) is 10.6 Å². The zero-order valence-corrected chi connectivity index (χ0v) is 17.7. The van der Waals surface area contributed by atoms with Crippen molar-refractivity contribution < 1.29 is 0 Å². The number of rotatable bonds is 7. The van der Waals surface area contributed by atoms with E-state index >= 15 is 0 Å². The van der Waals surface area contributed by atoms with Gasteiger partial charge in [0.1, 0.15) is 5.82 Å². The van der Waals surface area contributed by atoms with Crippen LogP contribution in [0.15, 0.2) is 42.9 Å². The molecular weight excluding hydrogens is 376 g/mol. The van der Waals surface area contributed by atoms with Crippen LogP contribution in [-0.4, -0.2) is 35.8 Å². The number of hydrogen-bond acceptors (Lipinski definition) is 7. The molecule has 0 amide bonds. The SMILES string of the molecule is Cc1cc(C)c(CNc2nc(NC(C)Cc3ccccn3)c3cnn(C)c3n2)cn1. The molecule has 30 heavy (non-hydrogen) atoms. The van der Waals surface area contributed by atoms with Gasteiger partial charge >= 0.3 is 0 Å². The second-order valence-corrected chi connectivity index (χ2v) is 7.58. The summed E-state index contributed by atoms with van der Waals surface area (Å²) in [5, 5.41) is 12.1. The van der Waals surface area contributed by atoms with Crippen LogP contribution in [-0.2, 0) is 20.0 Å². The third-order valence-electron chi connectivity index (χ3n) is 5.01. The number of aryl methyl sites for hydroxylation is 3. The molecule has 0 aliphatic heterocycles.